The zero-order valence-corrected chi connectivity index (χ0v) is 21.4. The van der Waals surface area contributed by atoms with Crippen LogP contribution in [0.1, 0.15) is 11.5 Å². The van der Waals surface area contributed by atoms with Crippen molar-refractivity contribution in [3.05, 3.63) is 115 Å². The molecule has 0 aromatic heterocycles. The number of ether oxygens (including phenoxy) is 2. The summed E-state index contributed by atoms with van der Waals surface area (Å²) in [5.41, 5.74) is -1.06. The van der Waals surface area contributed by atoms with Crippen LogP contribution >= 0.6 is 7.26 Å². The van der Waals surface area contributed by atoms with Crippen molar-refractivity contribution in [1.82, 2.24) is 0 Å². The number of rotatable bonds is 8. The summed E-state index contributed by atoms with van der Waals surface area (Å²) in [5.74, 6) is -3.06. The SMILES string of the molecule is COC(=O)C(c1cc(O)ccc1O)C(C(=O)OC)[P+](c1ccccc1)(c1ccccc1)c1ccccc1. The highest BCUT2D eigenvalue weighted by Crippen LogP contribution is 2.64. The van der Waals surface area contributed by atoms with Crippen LogP contribution in [-0.4, -0.2) is 42.0 Å². The molecular weight excluding hydrogens is 487 g/mol. The highest BCUT2D eigenvalue weighted by molar-refractivity contribution is 7.97. The van der Waals surface area contributed by atoms with Gasteiger partial charge in [-0.05, 0) is 54.6 Å². The molecule has 188 valence electrons. The number of esters is 2. The number of methoxy groups -OCH3 is 2. The van der Waals surface area contributed by atoms with Gasteiger partial charge in [0.1, 0.15) is 40.6 Å². The fourth-order valence-corrected chi connectivity index (χ4v) is 9.84. The molecule has 2 N–H and O–H groups in total. The van der Waals surface area contributed by atoms with Gasteiger partial charge in [-0.3, -0.25) is 4.79 Å². The van der Waals surface area contributed by atoms with Gasteiger partial charge in [-0.2, -0.15) is 0 Å². The van der Waals surface area contributed by atoms with Crippen molar-refractivity contribution in [3.8, 4) is 11.5 Å². The monoisotopic (exact) mass is 515 g/mol. The van der Waals surface area contributed by atoms with Crippen molar-refractivity contribution in [3.63, 3.8) is 0 Å². The third-order valence-electron chi connectivity index (χ3n) is 6.47. The Morgan fingerprint density at radius 1 is 0.649 bits per heavy atom. The molecule has 0 heterocycles. The Morgan fingerprint density at radius 3 is 1.49 bits per heavy atom. The van der Waals surface area contributed by atoms with Crippen molar-refractivity contribution >= 4 is 35.1 Å². The van der Waals surface area contributed by atoms with Crippen LogP contribution in [-0.2, 0) is 19.1 Å². The summed E-state index contributed by atoms with van der Waals surface area (Å²) in [6, 6.07) is 32.6. The Kier molecular flexibility index (Phi) is 7.90. The fourth-order valence-electron chi connectivity index (χ4n) is 4.90. The standard InChI is InChI=1S/C30H27O6P/c1-35-29(33)27(25-20-21(31)18-19-26(25)32)28(30(34)36-2)37(22-12-6-3-7-13-22,23-14-8-4-9-15-23)24-16-10-5-11-17-24/h3-20,27-28H,1-2H3,(H-,31,32)/p+1. The molecule has 6 nitrogen and oxygen atoms in total. The first-order valence-electron chi connectivity index (χ1n) is 11.7. The number of carbonyl (C=O) groups is 2. The second kappa shape index (κ2) is 11.3. The van der Waals surface area contributed by atoms with E-state index in [4.69, 9.17) is 9.47 Å². The van der Waals surface area contributed by atoms with E-state index in [0.717, 1.165) is 15.9 Å². The van der Waals surface area contributed by atoms with Gasteiger partial charge >= 0.3 is 11.9 Å². The lowest BCUT2D eigenvalue weighted by Gasteiger charge is -2.36. The molecule has 0 amide bonds. The van der Waals surface area contributed by atoms with Crippen LogP contribution in [0.15, 0.2) is 109 Å². The summed E-state index contributed by atoms with van der Waals surface area (Å²) < 4.78 is 10.6. The van der Waals surface area contributed by atoms with Crippen LogP contribution in [0.4, 0.5) is 0 Å². The van der Waals surface area contributed by atoms with Gasteiger partial charge in [0, 0.05) is 5.56 Å². The molecule has 0 bridgehead atoms. The minimum Gasteiger partial charge on any atom is -0.508 e. The minimum absolute atomic E-state index is 0.0782. The van der Waals surface area contributed by atoms with Gasteiger partial charge in [0.2, 0.25) is 0 Å². The Bertz CT molecular complexity index is 1260. The summed E-state index contributed by atoms with van der Waals surface area (Å²) >= 11 is 0. The van der Waals surface area contributed by atoms with E-state index in [0.29, 0.717) is 0 Å². The van der Waals surface area contributed by atoms with Crippen LogP contribution in [0.5, 0.6) is 11.5 Å². The van der Waals surface area contributed by atoms with Crippen molar-refractivity contribution in [2.75, 3.05) is 14.2 Å². The molecule has 0 aliphatic carbocycles. The number of aromatic hydroxyl groups is 2. The van der Waals surface area contributed by atoms with Gasteiger partial charge in [-0.1, -0.05) is 54.6 Å². The normalized spacial score (nSPS) is 12.8. The maximum atomic E-state index is 14.0. The topological polar surface area (TPSA) is 93.1 Å². The molecule has 37 heavy (non-hydrogen) atoms. The van der Waals surface area contributed by atoms with Crippen molar-refractivity contribution in [2.24, 2.45) is 0 Å². The van der Waals surface area contributed by atoms with E-state index >= 15 is 0 Å². The number of carbonyl (C=O) groups excluding carboxylic acids is 2. The number of hydrogen-bond acceptors (Lipinski definition) is 6. The predicted octanol–water partition coefficient (Wildman–Crippen LogP) is 3.89. The maximum Gasteiger partial charge on any atom is 0.349 e. The largest absolute Gasteiger partial charge is 0.508 e. The summed E-state index contributed by atoms with van der Waals surface area (Å²) in [6.45, 7) is 0. The van der Waals surface area contributed by atoms with E-state index in [1.807, 2.05) is 91.0 Å². The molecule has 0 spiro atoms. The van der Waals surface area contributed by atoms with Gasteiger partial charge < -0.3 is 19.7 Å². The summed E-state index contributed by atoms with van der Waals surface area (Å²) in [5, 5.41) is 23.7. The Morgan fingerprint density at radius 2 is 1.08 bits per heavy atom. The van der Waals surface area contributed by atoms with Crippen molar-refractivity contribution in [2.45, 2.75) is 11.6 Å². The van der Waals surface area contributed by atoms with E-state index in [9.17, 15) is 19.8 Å². The maximum absolute atomic E-state index is 14.0. The highest BCUT2D eigenvalue weighted by Gasteiger charge is 2.62. The summed E-state index contributed by atoms with van der Waals surface area (Å²) in [6.07, 6.45) is 0. The Hall–Kier alpha value is -4.15. The predicted molar refractivity (Wildman–Crippen MR) is 145 cm³/mol. The van der Waals surface area contributed by atoms with E-state index in [-0.39, 0.29) is 17.1 Å². The van der Waals surface area contributed by atoms with Gasteiger partial charge in [0.05, 0.1) is 14.2 Å². The van der Waals surface area contributed by atoms with Crippen LogP contribution in [0.25, 0.3) is 0 Å². The smallest absolute Gasteiger partial charge is 0.349 e. The quantitative estimate of drug-likeness (QED) is 0.210. The zero-order valence-electron chi connectivity index (χ0n) is 20.5. The number of hydrogen-bond donors (Lipinski definition) is 2. The molecule has 0 saturated carbocycles. The second-order valence-corrected chi connectivity index (χ2v) is 12.0. The number of phenolic OH excluding ortho intramolecular Hbond substituents is 2. The van der Waals surface area contributed by atoms with Crippen molar-refractivity contribution in [1.29, 1.82) is 0 Å². The number of benzene rings is 4. The molecule has 7 heteroatoms. The lowest BCUT2D eigenvalue weighted by Crippen LogP contribution is -2.47. The average Bonchev–Trinajstić information content (AvgIpc) is 2.95. The van der Waals surface area contributed by atoms with Crippen LogP contribution < -0.4 is 15.9 Å². The lowest BCUT2D eigenvalue weighted by molar-refractivity contribution is -0.148. The second-order valence-electron chi connectivity index (χ2n) is 8.44. The molecule has 0 aliphatic rings. The summed E-state index contributed by atoms with van der Waals surface area (Å²) in [4.78, 5) is 27.5. The molecule has 0 aliphatic heterocycles. The van der Waals surface area contributed by atoms with Crippen LogP contribution in [0.3, 0.4) is 0 Å². The molecule has 4 rings (SSSR count). The molecule has 0 radical (unpaired) electrons. The van der Waals surface area contributed by atoms with Crippen LogP contribution in [0, 0.1) is 0 Å². The summed E-state index contributed by atoms with van der Waals surface area (Å²) in [7, 11) is -0.515. The first kappa shape index (κ1) is 25.9. The van der Waals surface area contributed by atoms with Crippen LogP contribution in [0.2, 0.25) is 0 Å². The molecule has 0 saturated heterocycles. The van der Waals surface area contributed by atoms with E-state index in [1.165, 1.54) is 32.4 Å². The molecule has 4 aromatic rings. The fraction of sp³-hybridized carbons (Fsp3) is 0.133. The third-order valence-corrected chi connectivity index (χ3v) is 11.1. The van der Waals surface area contributed by atoms with E-state index in [1.54, 1.807) is 0 Å². The Balaban J connectivity index is 2.20. The molecule has 2 unspecified atom stereocenters. The number of phenols is 2. The molecule has 4 aromatic carbocycles. The first-order valence-corrected chi connectivity index (χ1v) is 13.5. The van der Waals surface area contributed by atoms with Gasteiger partial charge in [0.15, 0.2) is 5.66 Å². The molecule has 2 atom stereocenters. The lowest BCUT2D eigenvalue weighted by atomic mass is 9.94. The van der Waals surface area contributed by atoms with E-state index < -0.39 is 30.8 Å². The third kappa shape index (κ3) is 4.81. The average molecular weight is 516 g/mol. The Labute approximate surface area is 216 Å². The molecule has 0 fully saturated rings. The van der Waals surface area contributed by atoms with Gasteiger partial charge in [-0.25, -0.2) is 4.79 Å². The minimum atomic E-state index is -3.03. The zero-order chi connectivity index (χ0) is 26.4. The van der Waals surface area contributed by atoms with Gasteiger partial charge in [-0.15, -0.1) is 0 Å². The van der Waals surface area contributed by atoms with Gasteiger partial charge in [0.25, 0.3) is 0 Å². The van der Waals surface area contributed by atoms with Crippen molar-refractivity contribution < 1.29 is 29.3 Å². The molecular formula is C30H28O6P+. The first-order chi connectivity index (χ1) is 17.9. The van der Waals surface area contributed by atoms with E-state index in [2.05, 4.69) is 0 Å². The highest BCUT2D eigenvalue weighted by atomic mass is 31.2.